The molecule has 18 atom stereocenters. The molecule has 0 radical (unpaired) electrons. The van der Waals surface area contributed by atoms with Crippen LogP contribution in [0.5, 0.6) is 0 Å². The lowest BCUT2D eigenvalue weighted by molar-refractivity contribution is -0.144. The lowest BCUT2D eigenvalue weighted by Crippen LogP contribution is -2.50. The molecule has 7 amide bonds. The van der Waals surface area contributed by atoms with E-state index in [4.69, 9.17) is 15.3 Å². The van der Waals surface area contributed by atoms with Crippen molar-refractivity contribution in [1.82, 2.24) is 37.2 Å². The molecule has 0 aliphatic heterocycles. The smallest absolute Gasteiger partial charge is 0.306 e. The lowest BCUT2D eigenvalue weighted by atomic mass is 9.89. The Morgan fingerprint density at radius 2 is 0.704 bits per heavy atom. The van der Waals surface area contributed by atoms with E-state index in [1.165, 1.54) is 19.1 Å². The number of aliphatic hydroxyl groups excluding tert-OH is 15. The van der Waals surface area contributed by atoms with E-state index in [0.29, 0.717) is 17.5 Å². The summed E-state index contributed by atoms with van der Waals surface area (Å²) in [6.07, 6.45) is -34.7. The second-order valence-corrected chi connectivity index (χ2v) is 23.4. The molecule has 0 unspecified atom stereocenters. The molecule has 0 aliphatic carbocycles. The maximum absolute atomic E-state index is 14.6. The topological polar surface area (TPSA) is 670 Å². The van der Waals surface area contributed by atoms with Gasteiger partial charge in [0.15, 0.2) is 17.3 Å². The van der Waals surface area contributed by atoms with Crippen molar-refractivity contribution < 1.29 is 154 Å². The summed E-state index contributed by atoms with van der Waals surface area (Å²) >= 11 is 0. The monoisotopic (exact) mass is 1410 g/mol. The third-order valence-corrected chi connectivity index (χ3v) is 15.7. The molecule has 0 heterocycles. The van der Waals surface area contributed by atoms with Crippen LogP contribution in [0.2, 0.25) is 0 Å². The molecule has 0 saturated carbocycles. The number of benzene rings is 1. The second kappa shape index (κ2) is 46.6. The van der Waals surface area contributed by atoms with Crippen molar-refractivity contribution >= 4 is 77.1 Å². The van der Waals surface area contributed by atoms with E-state index in [-0.39, 0.29) is 13.0 Å². The summed E-state index contributed by atoms with van der Waals surface area (Å²) in [7, 11) is 0. The summed E-state index contributed by atoms with van der Waals surface area (Å²) in [6.45, 7) is -4.01. The molecule has 38 nitrogen and oxygen atoms in total. The predicted molar refractivity (Wildman–Crippen MR) is 330 cm³/mol. The van der Waals surface area contributed by atoms with Crippen LogP contribution >= 0.6 is 0 Å². The van der Waals surface area contributed by atoms with Crippen LogP contribution in [0.4, 0.5) is 0 Å². The van der Waals surface area contributed by atoms with Gasteiger partial charge in [-0.05, 0) is 49.7 Å². The van der Waals surface area contributed by atoms with Gasteiger partial charge in [0.05, 0.1) is 68.6 Å². The molecule has 0 aromatic heterocycles. The first kappa shape index (κ1) is 88.3. The van der Waals surface area contributed by atoms with Gasteiger partial charge in [-0.3, -0.25) is 62.3 Å². The molecule has 0 fully saturated rings. The number of carboxylic acids is 3. The molecule has 1 aromatic carbocycles. The number of hydrogen-bond acceptors (Lipinski definition) is 28. The van der Waals surface area contributed by atoms with Gasteiger partial charge in [-0.1, -0.05) is 31.2 Å². The Morgan fingerprint density at radius 1 is 0.398 bits per heavy atom. The Hall–Kier alpha value is -7.67. The molecule has 556 valence electrons. The number of aliphatic carboxylic acids is 3. The van der Waals surface area contributed by atoms with Gasteiger partial charge < -0.3 is 129 Å². The average molecular weight is 1410 g/mol. The molecule has 0 bridgehead atoms. The normalized spacial score (nSPS) is 17.0. The largest absolute Gasteiger partial charge is 0.481 e. The van der Waals surface area contributed by atoms with Crippen molar-refractivity contribution in [1.29, 1.82) is 0 Å². The lowest BCUT2D eigenvalue weighted by Gasteiger charge is -2.27. The minimum absolute atomic E-state index is 0.124. The molecule has 25 N–H and O–H groups in total. The van der Waals surface area contributed by atoms with Crippen LogP contribution in [-0.4, -0.2) is 300 Å². The van der Waals surface area contributed by atoms with Crippen molar-refractivity contribution in [2.24, 2.45) is 17.8 Å². The van der Waals surface area contributed by atoms with Crippen LogP contribution in [-0.2, 0) is 75.3 Å². The van der Waals surface area contributed by atoms with Crippen molar-refractivity contribution in [2.45, 2.75) is 201 Å². The number of Topliss-reactive ketones (excluding diaryl/α,β-unsaturated/α-hetero) is 3. The number of carbonyl (C=O) groups excluding carboxylic acids is 10. The summed E-state index contributed by atoms with van der Waals surface area (Å²) in [5, 5.41) is 193. The molecule has 98 heavy (non-hydrogen) atoms. The molecule has 0 spiro atoms. The van der Waals surface area contributed by atoms with Gasteiger partial charge in [0.25, 0.3) is 0 Å². The van der Waals surface area contributed by atoms with Crippen molar-refractivity contribution in [3.8, 4) is 0 Å². The van der Waals surface area contributed by atoms with Crippen molar-refractivity contribution in [3.63, 3.8) is 0 Å². The Morgan fingerprint density at radius 3 is 1.00 bits per heavy atom. The van der Waals surface area contributed by atoms with Gasteiger partial charge >= 0.3 is 17.9 Å². The Kier molecular flexibility index (Phi) is 42.0. The van der Waals surface area contributed by atoms with Crippen LogP contribution in [0.3, 0.4) is 0 Å². The first-order chi connectivity index (χ1) is 46.0. The average Bonchev–Trinajstić information content (AvgIpc) is 1.16. The number of carboxylic acid groups (broad SMARTS) is 3. The fourth-order valence-electron chi connectivity index (χ4n) is 9.49. The summed E-state index contributed by atoms with van der Waals surface area (Å²) < 4.78 is 0. The van der Waals surface area contributed by atoms with E-state index in [0.717, 1.165) is 0 Å². The van der Waals surface area contributed by atoms with E-state index in [2.05, 4.69) is 37.2 Å². The zero-order valence-electron chi connectivity index (χ0n) is 53.7. The zero-order valence-corrected chi connectivity index (χ0v) is 53.7. The van der Waals surface area contributed by atoms with Crippen LogP contribution < -0.4 is 37.2 Å². The summed E-state index contributed by atoms with van der Waals surface area (Å²) in [5.74, 6) is -19.2. The number of carbonyl (C=O) groups is 13. The van der Waals surface area contributed by atoms with E-state index in [9.17, 15) is 139 Å². The number of ketones is 3. The van der Waals surface area contributed by atoms with Crippen LogP contribution in [0.1, 0.15) is 108 Å². The van der Waals surface area contributed by atoms with Crippen molar-refractivity contribution in [3.05, 3.63) is 35.4 Å². The molecule has 1 rings (SSSR count). The highest BCUT2D eigenvalue weighted by Gasteiger charge is 2.37. The van der Waals surface area contributed by atoms with E-state index < -0.39 is 309 Å². The predicted octanol–water partition coefficient (Wildman–Crippen LogP) is -10.1. The van der Waals surface area contributed by atoms with Crippen LogP contribution in [0.15, 0.2) is 24.3 Å². The zero-order chi connectivity index (χ0) is 74.5. The standard InChI is InChI=1S/C60H95N7O31/c1-2-31(60(97)98)18-37(72)35(10-13-47(82)63-23-41(76)53(90)56(93)44(79)26-69)66-59(96)33(8-16-51(87)88)20-39(74)36(11-14-48(83)64-24-42(77)54(91)57(94)45(80)27-70)67-58(95)32(7-15-50(85)86)19-38(73)34(65-49(84)17-29-3-5-30(6-4-29)21-61-28-71)9-12-46(81)62-22-40(75)52(89)55(92)43(78)25-68/h3-6,28,31-36,40-45,52-57,68-70,75-80,89-94H,2,7-27H2,1H3,(H,61,71)(H,62,81)(H,63,82)(H,64,83)(H,65,84)(H,66,96)(H,67,95)(H,85,86)(H,87,88)(H,97,98)/t31-,32-,33-,34-,35-,36-,40-,41-,42-,43+,44+,45+,52+,53+,54+,55+,56+,57+/m0/s1. The Bertz CT molecular complexity index is 2730. The van der Waals surface area contributed by atoms with Crippen LogP contribution in [0.25, 0.3) is 0 Å². The van der Waals surface area contributed by atoms with Gasteiger partial charge in [-0.15, -0.1) is 0 Å². The molecule has 38 heteroatoms. The third kappa shape index (κ3) is 33.3. The first-order valence-electron chi connectivity index (χ1n) is 31.2. The quantitative estimate of drug-likeness (QED) is 0.0269. The summed E-state index contributed by atoms with van der Waals surface area (Å²) in [6, 6.07) is 0.664. The van der Waals surface area contributed by atoms with Gasteiger partial charge in [0, 0.05) is 89.4 Å². The number of hydrogen-bond donors (Lipinski definition) is 25. The van der Waals surface area contributed by atoms with Gasteiger partial charge in [-0.2, -0.15) is 0 Å². The van der Waals surface area contributed by atoms with E-state index in [1.54, 1.807) is 12.1 Å². The highest BCUT2D eigenvalue weighted by molar-refractivity contribution is 5.97. The maximum Gasteiger partial charge on any atom is 0.306 e. The van der Waals surface area contributed by atoms with Crippen LogP contribution in [0, 0.1) is 17.8 Å². The minimum Gasteiger partial charge on any atom is -0.481 e. The van der Waals surface area contributed by atoms with Gasteiger partial charge in [0.1, 0.15) is 54.9 Å². The third-order valence-electron chi connectivity index (χ3n) is 15.7. The molecule has 0 aliphatic rings. The fourth-order valence-corrected chi connectivity index (χ4v) is 9.49. The maximum atomic E-state index is 14.6. The first-order valence-corrected chi connectivity index (χ1v) is 31.2. The number of rotatable bonds is 54. The van der Waals surface area contributed by atoms with E-state index >= 15 is 0 Å². The highest BCUT2D eigenvalue weighted by atomic mass is 16.4. The van der Waals surface area contributed by atoms with Gasteiger partial charge in [0.2, 0.25) is 41.9 Å². The van der Waals surface area contributed by atoms with Crippen molar-refractivity contribution in [2.75, 3.05) is 39.5 Å². The molecule has 1 aromatic rings. The van der Waals surface area contributed by atoms with Gasteiger partial charge in [-0.25, -0.2) is 0 Å². The van der Waals surface area contributed by atoms with E-state index in [1.807, 2.05) is 0 Å². The summed E-state index contributed by atoms with van der Waals surface area (Å²) in [4.78, 5) is 172. The number of aliphatic hydroxyl groups is 15. The molecular weight excluding hydrogens is 1310 g/mol. The minimum atomic E-state index is -2.17. The molecule has 0 saturated heterocycles. The molecular formula is C60H95N7O31. The fraction of sp³-hybridized carbons (Fsp3) is 0.683. The Balaban J connectivity index is 3.89. The Labute approximate surface area is 560 Å². The highest BCUT2D eigenvalue weighted by Crippen LogP contribution is 2.22. The number of nitrogens with one attached hydrogen (secondary N) is 7. The summed E-state index contributed by atoms with van der Waals surface area (Å²) in [5.41, 5.74) is 0.986. The second-order valence-electron chi connectivity index (χ2n) is 23.4. The number of amides is 7. The SMILES string of the molecule is CC[C@@H](CC(=O)[C@H](CCC(=O)NC[C@H](O)[C@@H](O)[C@H](O)[C@H](O)CO)NC(=O)[C@@H](CCC(=O)O)CC(=O)[C@H](CCC(=O)NC[C@H](O)[C@@H](O)[C@H](O)[C@H](O)CO)NC(=O)[C@@H](CCC(=O)O)CC(=O)[C@H](CCC(=O)NC[C@H](O)[C@@H](O)[C@H](O)[C@H](O)CO)NC(=O)Cc1ccc(CNC=O)cc1)C(=O)O.